The van der Waals surface area contributed by atoms with Crippen molar-refractivity contribution in [1.29, 1.82) is 0 Å². The van der Waals surface area contributed by atoms with Crippen LogP contribution in [0.15, 0.2) is 0 Å². The Morgan fingerprint density at radius 2 is 1.14 bits per heavy atom. The van der Waals surface area contributed by atoms with Gasteiger partial charge < -0.3 is 5.32 Å². The van der Waals surface area contributed by atoms with Gasteiger partial charge in [-0.05, 0) is 32.2 Å². The van der Waals surface area contributed by atoms with Crippen LogP contribution in [-0.4, -0.2) is 12.6 Å². The fraction of sp³-hybridized carbons (Fsp3) is 1.00. The van der Waals surface area contributed by atoms with E-state index >= 15 is 0 Å². The van der Waals surface area contributed by atoms with Crippen molar-refractivity contribution < 1.29 is 0 Å². The van der Waals surface area contributed by atoms with Crippen LogP contribution >= 0.6 is 0 Å². The molecule has 0 radical (unpaired) electrons. The fourth-order valence-corrected chi connectivity index (χ4v) is 2.90. The van der Waals surface area contributed by atoms with Crippen molar-refractivity contribution in [2.45, 2.75) is 117 Å². The second-order valence-corrected chi connectivity index (χ2v) is 7.36. The van der Waals surface area contributed by atoms with Crippen LogP contribution in [0.25, 0.3) is 0 Å². The second kappa shape index (κ2) is 16.3. The maximum absolute atomic E-state index is 3.68. The van der Waals surface area contributed by atoms with E-state index < -0.39 is 0 Å². The van der Waals surface area contributed by atoms with Crippen LogP contribution in [0.4, 0.5) is 0 Å². The number of nitrogens with one attached hydrogen (secondary N) is 1. The first-order valence-electron chi connectivity index (χ1n) is 9.90. The van der Waals surface area contributed by atoms with Gasteiger partial charge in [0.15, 0.2) is 0 Å². The number of hydrogen-bond acceptors (Lipinski definition) is 1. The van der Waals surface area contributed by atoms with E-state index in [2.05, 4.69) is 33.0 Å². The van der Waals surface area contributed by atoms with Gasteiger partial charge in [0.1, 0.15) is 0 Å². The van der Waals surface area contributed by atoms with Crippen LogP contribution in [0.1, 0.15) is 111 Å². The van der Waals surface area contributed by atoms with Gasteiger partial charge in [0.2, 0.25) is 0 Å². The van der Waals surface area contributed by atoms with E-state index in [-0.39, 0.29) is 0 Å². The third-order valence-electron chi connectivity index (χ3n) is 4.44. The molecule has 0 saturated carbocycles. The molecule has 1 atom stereocenters. The zero-order chi connectivity index (χ0) is 15.8. The topological polar surface area (TPSA) is 12.0 Å². The molecule has 0 aromatic heterocycles. The molecule has 1 N–H and O–H groups in total. The van der Waals surface area contributed by atoms with Gasteiger partial charge in [-0.2, -0.15) is 0 Å². The fourth-order valence-electron chi connectivity index (χ4n) is 2.90. The Hall–Kier alpha value is -0.0400. The normalized spacial score (nSPS) is 13.0. The molecule has 128 valence electrons. The summed E-state index contributed by atoms with van der Waals surface area (Å²) in [7, 11) is 0. The summed E-state index contributed by atoms with van der Waals surface area (Å²) in [4.78, 5) is 0. The van der Waals surface area contributed by atoms with Gasteiger partial charge in [0, 0.05) is 6.04 Å². The Kier molecular flexibility index (Phi) is 16.3. The molecule has 0 bridgehead atoms. The maximum Gasteiger partial charge on any atom is 0.00387 e. The minimum Gasteiger partial charge on any atom is -0.314 e. The molecule has 1 nitrogen and oxygen atoms in total. The van der Waals surface area contributed by atoms with Crippen molar-refractivity contribution in [3.05, 3.63) is 0 Å². The summed E-state index contributed by atoms with van der Waals surface area (Å²) in [6.45, 7) is 10.5. The van der Waals surface area contributed by atoms with Crippen LogP contribution in [0.5, 0.6) is 0 Å². The highest BCUT2D eigenvalue weighted by Gasteiger charge is 2.01. The van der Waals surface area contributed by atoms with Crippen LogP contribution in [0.2, 0.25) is 0 Å². The van der Waals surface area contributed by atoms with Crippen molar-refractivity contribution in [3.63, 3.8) is 0 Å². The first-order valence-corrected chi connectivity index (χ1v) is 9.90. The number of rotatable bonds is 16. The molecule has 0 amide bonds. The molecule has 0 saturated heterocycles. The van der Waals surface area contributed by atoms with Gasteiger partial charge in [-0.3, -0.25) is 0 Å². The summed E-state index contributed by atoms with van der Waals surface area (Å²) >= 11 is 0. The molecule has 0 aliphatic rings. The van der Waals surface area contributed by atoms with E-state index in [1.807, 2.05) is 0 Å². The molecule has 0 aliphatic carbocycles. The van der Waals surface area contributed by atoms with Gasteiger partial charge in [0.25, 0.3) is 0 Å². The summed E-state index contributed by atoms with van der Waals surface area (Å²) in [6, 6.07) is 0.710. The van der Waals surface area contributed by atoms with E-state index in [1.54, 1.807) is 0 Å². The largest absolute Gasteiger partial charge is 0.314 e. The highest BCUT2D eigenvalue weighted by Crippen LogP contribution is 2.11. The quantitative estimate of drug-likeness (QED) is 0.312. The zero-order valence-corrected chi connectivity index (χ0v) is 15.6. The highest BCUT2D eigenvalue weighted by atomic mass is 14.9. The van der Waals surface area contributed by atoms with Gasteiger partial charge in [-0.1, -0.05) is 91.4 Å². The maximum atomic E-state index is 3.68. The monoisotopic (exact) mass is 297 g/mol. The Morgan fingerprint density at radius 3 is 1.67 bits per heavy atom. The van der Waals surface area contributed by atoms with Crippen LogP contribution in [0.3, 0.4) is 0 Å². The molecule has 21 heavy (non-hydrogen) atoms. The molecule has 0 heterocycles. The molecule has 0 spiro atoms. The van der Waals surface area contributed by atoms with E-state index in [9.17, 15) is 0 Å². The van der Waals surface area contributed by atoms with Gasteiger partial charge in [0.05, 0.1) is 0 Å². The van der Waals surface area contributed by atoms with Crippen LogP contribution < -0.4 is 5.32 Å². The molecule has 0 aromatic rings. The minimum absolute atomic E-state index is 0.710. The predicted molar refractivity (Wildman–Crippen MR) is 98.0 cm³/mol. The lowest BCUT2D eigenvalue weighted by molar-refractivity contribution is 0.448. The van der Waals surface area contributed by atoms with Gasteiger partial charge in [-0.25, -0.2) is 0 Å². The summed E-state index contributed by atoms with van der Waals surface area (Å²) < 4.78 is 0. The first kappa shape index (κ1) is 21.0. The molecule has 0 aliphatic heterocycles. The van der Waals surface area contributed by atoms with Crippen LogP contribution in [0, 0.1) is 5.92 Å². The van der Waals surface area contributed by atoms with E-state index in [1.165, 1.54) is 90.0 Å². The second-order valence-electron chi connectivity index (χ2n) is 7.36. The third kappa shape index (κ3) is 17.9. The summed E-state index contributed by atoms with van der Waals surface area (Å²) in [5.41, 5.74) is 0. The standard InChI is InChI=1S/C20H43N/c1-5-6-7-8-9-10-11-12-13-14-18-21-20(4)17-15-16-19(2)3/h19-21H,5-18H2,1-4H3. The predicted octanol–water partition coefficient (Wildman–Crippen LogP) is 6.71. The molecular weight excluding hydrogens is 254 g/mol. The Morgan fingerprint density at radius 1 is 0.619 bits per heavy atom. The van der Waals surface area contributed by atoms with E-state index in [4.69, 9.17) is 0 Å². The molecule has 1 heteroatoms. The Balaban J connectivity index is 3.10. The van der Waals surface area contributed by atoms with Crippen molar-refractivity contribution in [2.75, 3.05) is 6.54 Å². The molecule has 0 fully saturated rings. The summed E-state index contributed by atoms with van der Waals surface area (Å²) in [6.07, 6.45) is 18.4. The lowest BCUT2D eigenvalue weighted by Gasteiger charge is -2.14. The number of unbranched alkanes of at least 4 members (excludes halogenated alkanes) is 9. The number of hydrogen-bond donors (Lipinski definition) is 1. The Labute approximate surface area is 135 Å². The molecule has 1 unspecified atom stereocenters. The lowest BCUT2D eigenvalue weighted by Crippen LogP contribution is -2.26. The first-order chi connectivity index (χ1) is 10.2. The van der Waals surface area contributed by atoms with Crippen molar-refractivity contribution in [3.8, 4) is 0 Å². The average molecular weight is 298 g/mol. The SMILES string of the molecule is CCCCCCCCCCCCNC(C)CCCC(C)C. The average Bonchev–Trinajstić information content (AvgIpc) is 2.44. The third-order valence-corrected chi connectivity index (χ3v) is 4.44. The lowest BCUT2D eigenvalue weighted by atomic mass is 10.0. The summed E-state index contributed by atoms with van der Waals surface area (Å²) in [5, 5.41) is 3.68. The van der Waals surface area contributed by atoms with Crippen LogP contribution in [-0.2, 0) is 0 Å². The minimum atomic E-state index is 0.710. The van der Waals surface area contributed by atoms with Crippen molar-refractivity contribution >= 4 is 0 Å². The molecule has 0 rings (SSSR count). The molecular formula is C20H43N. The van der Waals surface area contributed by atoms with Gasteiger partial charge >= 0.3 is 0 Å². The summed E-state index contributed by atoms with van der Waals surface area (Å²) in [5.74, 6) is 0.860. The van der Waals surface area contributed by atoms with E-state index in [0.29, 0.717) is 6.04 Å². The Bertz CT molecular complexity index is 188. The highest BCUT2D eigenvalue weighted by molar-refractivity contribution is 4.61. The van der Waals surface area contributed by atoms with E-state index in [0.717, 1.165) is 5.92 Å². The van der Waals surface area contributed by atoms with Gasteiger partial charge in [-0.15, -0.1) is 0 Å². The zero-order valence-electron chi connectivity index (χ0n) is 15.6. The molecule has 0 aromatic carbocycles. The van der Waals surface area contributed by atoms with Crippen molar-refractivity contribution in [1.82, 2.24) is 5.32 Å². The smallest absolute Gasteiger partial charge is 0.00387 e. The van der Waals surface area contributed by atoms with Crippen molar-refractivity contribution in [2.24, 2.45) is 5.92 Å².